The molecule has 4 rings (SSSR count). The number of benzene rings is 1. The van der Waals surface area contributed by atoms with Crippen LogP contribution in [0.1, 0.15) is 142 Å². The van der Waals surface area contributed by atoms with Crippen LogP contribution in [-0.4, -0.2) is 89.8 Å². The summed E-state index contributed by atoms with van der Waals surface area (Å²) in [6, 6.07) is 13.8. The van der Waals surface area contributed by atoms with Crippen LogP contribution in [0.15, 0.2) is 40.4 Å². The maximum absolute atomic E-state index is 15.3. The Kier molecular flexibility index (Phi) is 19.1. The molecule has 13 heteroatoms. The zero-order chi connectivity index (χ0) is 48.8. The number of hydrogen-bond donors (Lipinski definition) is 0. The van der Waals surface area contributed by atoms with Gasteiger partial charge in [-0.05, 0) is 123 Å². The maximum atomic E-state index is 15.3. The number of nitrogens with zero attached hydrogens (tertiary/aromatic N) is 2. The average molecular weight is 958 g/mol. The van der Waals surface area contributed by atoms with Gasteiger partial charge in [0.2, 0.25) is 0 Å². The molecule has 0 N–H and O–H groups in total. The lowest BCUT2D eigenvalue weighted by atomic mass is 9.73. The molecule has 2 aliphatic rings. The number of esters is 1. The molecular weight excluding hydrogens is 868 g/mol. The summed E-state index contributed by atoms with van der Waals surface area (Å²) in [7, 11) is -6.41. The lowest BCUT2D eigenvalue weighted by molar-refractivity contribution is -0.153. The molecule has 0 saturated carbocycles. The Hall–Kier alpha value is -2.27. The van der Waals surface area contributed by atoms with Gasteiger partial charge in [0, 0.05) is 54.1 Å². The van der Waals surface area contributed by atoms with Gasteiger partial charge in [0.05, 0.1) is 18.6 Å². The van der Waals surface area contributed by atoms with E-state index in [-0.39, 0.29) is 58.5 Å². The quantitative estimate of drug-likeness (QED) is 0.0872. The van der Waals surface area contributed by atoms with Gasteiger partial charge in [0.25, 0.3) is 0 Å². The second kappa shape index (κ2) is 22.4. The highest BCUT2D eigenvalue weighted by molar-refractivity contribution is 6.74. The van der Waals surface area contributed by atoms with Crippen molar-refractivity contribution in [2.75, 3.05) is 13.2 Å². The molecule has 0 bridgehead atoms. The molecule has 368 valence electrons. The summed E-state index contributed by atoms with van der Waals surface area (Å²) in [4.78, 5) is 32.6. The first-order chi connectivity index (χ1) is 30.3. The van der Waals surface area contributed by atoms with Crippen molar-refractivity contribution >= 4 is 42.8 Å². The van der Waals surface area contributed by atoms with E-state index < -0.39 is 42.6 Å². The van der Waals surface area contributed by atoms with E-state index in [0.717, 1.165) is 73.2 Å². The summed E-state index contributed by atoms with van der Waals surface area (Å²) >= 11 is 0. The molecule has 1 aromatic heterocycles. The van der Waals surface area contributed by atoms with Crippen molar-refractivity contribution in [1.29, 1.82) is 0 Å². The molecule has 2 saturated heterocycles. The highest BCUT2D eigenvalue weighted by Crippen LogP contribution is 2.49. The van der Waals surface area contributed by atoms with E-state index in [1.54, 1.807) is 12.1 Å². The fraction of sp³-hybridized carbons (Fsp3) is 0.750. The first kappa shape index (κ1) is 55.3. The Bertz CT molecular complexity index is 1870. The van der Waals surface area contributed by atoms with Crippen LogP contribution in [0.25, 0.3) is 17.4 Å². The third-order valence-electron chi connectivity index (χ3n) is 16.8. The topological polar surface area (TPSA) is 100 Å². The van der Waals surface area contributed by atoms with E-state index in [9.17, 15) is 9.18 Å². The minimum absolute atomic E-state index is 0.0344. The number of fused-ring (bicyclic) bond motifs is 1. The van der Waals surface area contributed by atoms with Crippen molar-refractivity contribution in [3.63, 3.8) is 0 Å². The van der Waals surface area contributed by atoms with Crippen LogP contribution in [-0.2, 0) is 27.6 Å². The van der Waals surface area contributed by atoms with Crippen LogP contribution in [0, 0.1) is 23.1 Å². The molecule has 0 amide bonds. The van der Waals surface area contributed by atoms with Crippen molar-refractivity contribution in [3.05, 3.63) is 47.4 Å². The molecule has 2 fully saturated rings. The third-order valence-corrected chi connectivity index (χ3v) is 30.6. The summed E-state index contributed by atoms with van der Waals surface area (Å²) in [6.07, 6.45) is 3.89. The number of halogens is 1. The zero-order valence-corrected chi connectivity index (χ0v) is 46.8. The Balaban J connectivity index is 1.82. The number of ketones is 1. The molecular formula is C52H89FN2O7Si3. The molecule has 0 aliphatic carbocycles. The molecule has 0 radical (unpaired) electrons. The molecule has 8 atom stereocenters. The number of carbonyl (C=O) groups excluding carboxylic acids is 2. The number of rotatable bonds is 17. The van der Waals surface area contributed by atoms with Gasteiger partial charge in [-0.15, -0.1) is 0 Å². The van der Waals surface area contributed by atoms with Gasteiger partial charge in [-0.2, -0.15) is 0 Å². The lowest BCUT2D eigenvalue weighted by Crippen LogP contribution is -2.53. The second-order valence-electron chi connectivity index (χ2n) is 22.0. The molecule has 2 aliphatic heterocycles. The van der Waals surface area contributed by atoms with E-state index in [4.69, 9.17) is 22.5 Å². The van der Waals surface area contributed by atoms with Crippen molar-refractivity contribution < 1.29 is 36.5 Å². The average Bonchev–Trinajstić information content (AvgIpc) is 3.52. The van der Waals surface area contributed by atoms with Crippen LogP contribution in [0.3, 0.4) is 0 Å². The predicted octanol–water partition coefficient (Wildman–Crippen LogP) is 13.9. The van der Waals surface area contributed by atoms with Crippen LogP contribution >= 0.6 is 0 Å². The fourth-order valence-corrected chi connectivity index (χ4v) is 17.2. The van der Waals surface area contributed by atoms with Crippen LogP contribution in [0.2, 0.25) is 54.4 Å². The van der Waals surface area contributed by atoms with Crippen LogP contribution in [0.5, 0.6) is 0 Å². The van der Waals surface area contributed by atoms with Gasteiger partial charge < -0.3 is 22.5 Å². The van der Waals surface area contributed by atoms with Crippen molar-refractivity contribution in [1.82, 2.24) is 10.1 Å². The van der Waals surface area contributed by atoms with Gasteiger partial charge in [0.1, 0.15) is 23.4 Å². The smallest absolute Gasteiger partial charge is 0.309 e. The largest absolute Gasteiger partial charge is 0.458 e. The normalized spacial score (nSPS) is 27.9. The molecule has 2 unspecified atom stereocenters. The number of hydrogen-bond acceptors (Lipinski definition) is 9. The van der Waals surface area contributed by atoms with Gasteiger partial charge in [-0.1, -0.05) is 102 Å². The number of cyclic esters (lactones) is 1. The molecule has 9 nitrogen and oxygen atoms in total. The summed E-state index contributed by atoms with van der Waals surface area (Å²) in [5.74, 6) is -0.317. The number of Topliss-reactive ketones (excluding diaryl/α,β-unsaturated/α-hetero) is 1. The minimum Gasteiger partial charge on any atom is -0.458 e. The van der Waals surface area contributed by atoms with E-state index in [0.29, 0.717) is 24.5 Å². The molecule has 65 heavy (non-hydrogen) atoms. The number of carbonyl (C=O) groups is 2. The van der Waals surface area contributed by atoms with Gasteiger partial charge in [0.15, 0.2) is 30.7 Å². The van der Waals surface area contributed by atoms with Crippen molar-refractivity contribution in [2.24, 2.45) is 17.3 Å². The SMILES string of the molecule is CC[Si](CC)(CC)OC1[C@@H](C)CCC[C@]2(C)[C@H](C[C@@H](/C(C)=C/c3cc(-c4ccc(F)cc4)on3)OC(=O)C[C@H](O[Si](CC)(CC)CC)C(C)(C)C(=O)[C@@H]1C)N2CCO[Si](C)(C)C(C)(C)C. The van der Waals surface area contributed by atoms with Crippen molar-refractivity contribution in [2.45, 2.75) is 220 Å². The monoisotopic (exact) mass is 957 g/mol. The van der Waals surface area contributed by atoms with Gasteiger partial charge in [-0.25, -0.2) is 4.39 Å². The van der Waals surface area contributed by atoms with Gasteiger partial charge in [-0.3, -0.25) is 14.5 Å². The highest BCUT2D eigenvalue weighted by Gasteiger charge is 2.59. The summed E-state index contributed by atoms with van der Waals surface area (Å²) < 4.78 is 47.6. The molecule has 1 aromatic carbocycles. The van der Waals surface area contributed by atoms with Gasteiger partial charge >= 0.3 is 5.97 Å². The van der Waals surface area contributed by atoms with E-state index in [1.165, 1.54) is 12.1 Å². The Morgan fingerprint density at radius 3 is 2.05 bits per heavy atom. The predicted molar refractivity (Wildman–Crippen MR) is 272 cm³/mol. The lowest BCUT2D eigenvalue weighted by Gasteiger charge is -2.44. The Morgan fingerprint density at radius 2 is 1.49 bits per heavy atom. The standard InChI is InChI=1S/C52H89FN2O7Si3/c1-18-64(19-2,20-3)61-46-36-47(56)59-43(38(8)33-42-34-44(60-54-42)40-26-28-41(53)29-27-40)35-45-52(15,55(45)31-32-58-63(16,17)50(10,11)12)30-24-25-37(7)48(39(9)49(57)51(46,13)14)62-65(21-4,22-5)23-6/h26-29,33-34,37,39,43,45-46,48H,18-25,30-32,35-36H2,1-17H3/b38-33+/t37-,39+,43-,45-,46-,48?,52+,55?/m0/s1. The Morgan fingerprint density at radius 1 is 0.923 bits per heavy atom. The minimum atomic E-state index is -2.32. The number of aromatic nitrogens is 1. The summed E-state index contributed by atoms with van der Waals surface area (Å²) in [5.41, 5.74) is 1.01. The van der Waals surface area contributed by atoms with E-state index >= 15 is 4.79 Å². The van der Waals surface area contributed by atoms with E-state index in [1.807, 2.05) is 32.9 Å². The molecule has 0 spiro atoms. The first-order valence-corrected chi connectivity index (χ1v) is 33.2. The third kappa shape index (κ3) is 13.1. The highest BCUT2D eigenvalue weighted by atomic mass is 28.4. The Labute approximate surface area is 397 Å². The summed E-state index contributed by atoms with van der Waals surface area (Å²) in [5, 5.41) is 4.45. The molecule has 3 heterocycles. The summed E-state index contributed by atoms with van der Waals surface area (Å²) in [6.45, 7) is 38.9. The second-order valence-corrected chi connectivity index (χ2v) is 36.3. The maximum Gasteiger partial charge on any atom is 0.309 e. The van der Waals surface area contributed by atoms with Crippen LogP contribution < -0.4 is 0 Å². The fourth-order valence-electron chi connectivity index (χ4n) is 10.2. The zero-order valence-electron chi connectivity index (χ0n) is 43.8. The first-order valence-electron chi connectivity index (χ1n) is 25.2. The van der Waals surface area contributed by atoms with Crippen molar-refractivity contribution in [3.8, 4) is 11.3 Å². The number of ether oxygens (including phenoxy) is 1. The van der Waals surface area contributed by atoms with Crippen LogP contribution in [0.4, 0.5) is 4.39 Å². The van der Waals surface area contributed by atoms with E-state index in [2.05, 4.69) is 106 Å². The molecule has 2 aromatic rings.